The third kappa shape index (κ3) is 2.24. The first kappa shape index (κ1) is 10.6. The van der Waals surface area contributed by atoms with Crippen molar-refractivity contribution < 1.29 is 13.5 Å². The molecular formula is C8H15NO3S. The molecule has 0 fully saturated rings. The number of oxazole rings is 1. The van der Waals surface area contributed by atoms with Gasteiger partial charge in [-0.2, -0.15) is 15.6 Å². The number of hydrogen-bond donors (Lipinski definition) is 2. The van der Waals surface area contributed by atoms with Crippen molar-refractivity contribution >= 4 is 10.6 Å². The molecule has 0 saturated carbocycles. The van der Waals surface area contributed by atoms with Crippen molar-refractivity contribution in [3.05, 3.63) is 12.2 Å². The van der Waals surface area contributed by atoms with Crippen LogP contribution in [0.2, 0.25) is 0 Å². The predicted molar refractivity (Wildman–Crippen MR) is 52.2 cm³/mol. The Kier molecular flexibility index (Phi) is 3.00. The van der Waals surface area contributed by atoms with Gasteiger partial charge in [0.15, 0.2) is 11.4 Å². The summed E-state index contributed by atoms with van der Waals surface area (Å²) < 4.78 is 24.0. The molecule has 1 heterocycles. The first-order chi connectivity index (χ1) is 5.96. The van der Waals surface area contributed by atoms with E-state index in [-0.39, 0.29) is 5.92 Å². The topological polar surface area (TPSA) is 66.5 Å². The fourth-order valence-corrected chi connectivity index (χ4v) is 1.92. The van der Waals surface area contributed by atoms with Crippen molar-refractivity contribution in [2.24, 2.45) is 0 Å². The molecule has 0 aliphatic carbocycles. The van der Waals surface area contributed by atoms with E-state index in [1.807, 2.05) is 13.8 Å². The smallest absolute Gasteiger partial charge is 0.188 e. The molecule has 1 aromatic heterocycles. The van der Waals surface area contributed by atoms with Crippen LogP contribution in [-0.4, -0.2) is 20.3 Å². The SMILES string of the molecule is CCC(C)c1ocnc1S(C)(O)O. The Hall–Kier alpha value is -0.520. The second-order valence-corrected chi connectivity index (χ2v) is 5.22. The maximum atomic E-state index is 9.42. The standard InChI is InChI=1S/C8H15NO3S/c1-4-6(2)7-8(9-5-12-7)13(3,10)11/h5-6,10-11H,4H2,1-3H3. The highest BCUT2D eigenvalue weighted by atomic mass is 32.3. The third-order valence-corrected chi connectivity index (χ3v) is 3.03. The molecule has 0 amide bonds. The summed E-state index contributed by atoms with van der Waals surface area (Å²) in [5.74, 6) is 0.758. The number of rotatable bonds is 3. The van der Waals surface area contributed by atoms with Crippen LogP contribution in [0.1, 0.15) is 31.9 Å². The molecule has 0 aliphatic heterocycles. The molecule has 13 heavy (non-hydrogen) atoms. The van der Waals surface area contributed by atoms with Gasteiger partial charge in [-0.15, -0.1) is 0 Å². The molecule has 0 spiro atoms. The van der Waals surface area contributed by atoms with Crippen molar-refractivity contribution in [2.75, 3.05) is 6.26 Å². The van der Waals surface area contributed by atoms with Gasteiger partial charge in [-0.3, -0.25) is 9.11 Å². The van der Waals surface area contributed by atoms with E-state index < -0.39 is 10.6 Å². The lowest BCUT2D eigenvalue weighted by Crippen LogP contribution is -2.01. The monoisotopic (exact) mass is 205 g/mol. The van der Waals surface area contributed by atoms with Crippen molar-refractivity contribution in [1.29, 1.82) is 0 Å². The molecule has 2 N–H and O–H groups in total. The lowest BCUT2D eigenvalue weighted by molar-refractivity contribution is 0.446. The van der Waals surface area contributed by atoms with Crippen LogP contribution in [0.25, 0.3) is 0 Å². The molecule has 1 aromatic rings. The van der Waals surface area contributed by atoms with Gasteiger partial charge in [0.05, 0.1) is 0 Å². The van der Waals surface area contributed by atoms with E-state index in [0.717, 1.165) is 6.42 Å². The Labute approximate surface area is 79.3 Å². The average molecular weight is 205 g/mol. The lowest BCUT2D eigenvalue weighted by atomic mass is 10.1. The van der Waals surface area contributed by atoms with E-state index in [9.17, 15) is 9.11 Å². The van der Waals surface area contributed by atoms with Crippen LogP contribution >= 0.6 is 10.6 Å². The van der Waals surface area contributed by atoms with E-state index in [1.165, 1.54) is 12.6 Å². The van der Waals surface area contributed by atoms with Crippen molar-refractivity contribution in [1.82, 2.24) is 4.98 Å². The number of aromatic nitrogens is 1. The summed E-state index contributed by atoms with van der Waals surface area (Å²) in [7, 11) is -2.75. The zero-order valence-electron chi connectivity index (χ0n) is 8.02. The molecular weight excluding hydrogens is 190 g/mol. The minimum absolute atomic E-state index is 0.170. The third-order valence-electron chi connectivity index (χ3n) is 1.99. The van der Waals surface area contributed by atoms with Crippen LogP contribution in [0.4, 0.5) is 0 Å². The van der Waals surface area contributed by atoms with Gasteiger partial charge in [0.25, 0.3) is 0 Å². The highest BCUT2D eigenvalue weighted by molar-refractivity contribution is 8.23. The van der Waals surface area contributed by atoms with E-state index >= 15 is 0 Å². The Morgan fingerprint density at radius 2 is 2.23 bits per heavy atom. The quantitative estimate of drug-likeness (QED) is 0.796. The Morgan fingerprint density at radius 3 is 2.69 bits per heavy atom. The van der Waals surface area contributed by atoms with Gasteiger partial charge in [0.2, 0.25) is 0 Å². The first-order valence-electron chi connectivity index (χ1n) is 4.13. The maximum Gasteiger partial charge on any atom is 0.188 e. The average Bonchev–Trinajstić information content (AvgIpc) is 2.49. The molecule has 76 valence electrons. The number of hydrogen-bond acceptors (Lipinski definition) is 4. The van der Waals surface area contributed by atoms with Crippen molar-refractivity contribution in [3.63, 3.8) is 0 Å². The molecule has 1 unspecified atom stereocenters. The second-order valence-electron chi connectivity index (χ2n) is 3.16. The Balaban J connectivity index is 3.03. The maximum absolute atomic E-state index is 9.42. The fourth-order valence-electron chi connectivity index (χ4n) is 1.05. The highest BCUT2D eigenvalue weighted by Crippen LogP contribution is 2.46. The molecule has 1 atom stereocenters. The molecule has 0 radical (unpaired) electrons. The van der Waals surface area contributed by atoms with Crippen LogP contribution in [0.5, 0.6) is 0 Å². The second kappa shape index (κ2) is 3.69. The van der Waals surface area contributed by atoms with Crippen LogP contribution < -0.4 is 0 Å². The van der Waals surface area contributed by atoms with Crippen LogP contribution in [-0.2, 0) is 0 Å². The van der Waals surface area contributed by atoms with Gasteiger partial charge < -0.3 is 4.42 Å². The van der Waals surface area contributed by atoms with Gasteiger partial charge >= 0.3 is 0 Å². The van der Waals surface area contributed by atoms with Crippen molar-refractivity contribution in [2.45, 2.75) is 31.2 Å². The van der Waals surface area contributed by atoms with Crippen molar-refractivity contribution in [3.8, 4) is 0 Å². The summed E-state index contributed by atoms with van der Waals surface area (Å²) in [4.78, 5) is 3.83. The minimum atomic E-state index is -2.75. The van der Waals surface area contributed by atoms with Crippen LogP contribution in [0.15, 0.2) is 15.8 Å². The summed E-state index contributed by atoms with van der Waals surface area (Å²) >= 11 is 0. The van der Waals surface area contributed by atoms with E-state index in [4.69, 9.17) is 4.42 Å². The minimum Gasteiger partial charge on any atom is -0.446 e. The van der Waals surface area contributed by atoms with Crippen LogP contribution in [0.3, 0.4) is 0 Å². The van der Waals surface area contributed by atoms with Gasteiger partial charge in [-0.05, 0) is 6.42 Å². The zero-order chi connectivity index (χ0) is 10.1. The summed E-state index contributed by atoms with van der Waals surface area (Å²) in [6.45, 7) is 3.98. The van der Waals surface area contributed by atoms with E-state index in [2.05, 4.69) is 4.98 Å². The molecule has 0 saturated heterocycles. The highest BCUT2D eigenvalue weighted by Gasteiger charge is 2.22. The molecule has 1 rings (SSSR count). The molecule has 0 aliphatic rings. The number of nitrogens with zero attached hydrogens (tertiary/aromatic N) is 1. The largest absolute Gasteiger partial charge is 0.446 e. The predicted octanol–water partition coefficient (Wildman–Crippen LogP) is 2.93. The summed E-state index contributed by atoms with van der Waals surface area (Å²) in [5, 5.41) is 0.293. The lowest BCUT2D eigenvalue weighted by Gasteiger charge is -2.25. The van der Waals surface area contributed by atoms with Crippen LogP contribution in [0, 0.1) is 0 Å². The van der Waals surface area contributed by atoms with Gasteiger partial charge in [0.1, 0.15) is 5.76 Å². The summed E-state index contributed by atoms with van der Waals surface area (Å²) in [6.07, 6.45) is 3.50. The molecule has 0 bridgehead atoms. The summed E-state index contributed by atoms with van der Waals surface area (Å²) in [5.41, 5.74) is 0. The first-order valence-corrected chi connectivity index (χ1v) is 6.09. The molecule has 0 aromatic carbocycles. The van der Waals surface area contributed by atoms with E-state index in [0.29, 0.717) is 10.8 Å². The van der Waals surface area contributed by atoms with Gasteiger partial charge in [-0.1, -0.05) is 13.8 Å². The Morgan fingerprint density at radius 1 is 1.62 bits per heavy atom. The normalized spacial score (nSPS) is 15.8. The van der Waals surface area contributed by atoms with Gasteiger partial charge in [-0.25, -0.2) is 0 Å². The zero-order valence-corrected chi connectivity index (χ0v) is 8.84. The molecule has 4 nitrogen and oxygen atoms in total. The Bertz CT molecular complexity index is 279. The fraction of sp³-hybridized carbons (Fsp3) is 0.625. The summed E-state index contributed by atoms with van der Waals surface area (Å²) in [6, 6.07) is 0. The van der Waals surface area contributed by atoms with E-state index in [1.54, 1.807) is 0 Å². The molecule has 5 heteroatoms. The van der Waals surface area contributed by atoms with Gasteiger partial charge in [0, 0.05) is 12.2 Å².